The molecule has 6 aromatic rings. The van der Waals surface area contributed by atoms with E-state index in [1.807, 2.05) is 36.0 Å². The lowest BCUT2D eigenvalue weighted by atomic mass is 9.82. The van der Waals surface area contributed by atoms with Crippen LogP contribution in [0.4, 0.5) is 15.8 Å². The lowest BCUT2D eigenvalue weighted by molar-refractivity contribution is 0.273. The van der Waals surface area contributed by atoms with Gasteiger partial charge in [0.25, 0.3) is 0 Å². The lowest BCUT2D eigenvalue weighted by Crippen LogP contribution is -2.27. The van der Waals surface area contributed by atoms with Crippen molar-refractivity contribution in [2.24, 2.45) is 7.05 Å². The van der Waals surface area contributed by atoms with Crippen LogP contribution in [0.3, 0.4) is 0 Å². The topological polar surface area (TPSA) is 70.4 Å². The molecule has 240 valence electrons. The maximum absolute atomic E-state index is 15.4. The second-order valence-electron chi connectivity index (χ2n) is 12.0. The van der Waals surface area contributed by atoms with E-state index >= 15 is 4.39 Å². The van der Waals surface area contributed by atoms with Gasteiger partial charge in [-0.05, 0) is 34.4 Å². The number of pyridine rings is 1. The van der Waals surface area contributed by atoms with Gasteiger partial charge in [0.2, 0.25) is 9.76 Å². The molecule has 0 fully saturated rings. The zero-order chi connectivity index (χ0) is 33.0. The average molecular weight is 667 g/mol. The fraction of sp³-hybridized carbons (Fsp3) is 0.189. The molecular weight excluding hydrogens is 631 g/mol. The standard InChI is InChI=1S/C37H36ClFN4O3Si/c1-37(2,36(24-11-7-5-8-12-24)25-13-9-6-10-14-25)47-46-32-22-31(28(39)20-27(32)38)42-29-15-16-40-30-21-34(33(44-4)19-26(29)30)45-23-35-41-17-18-43(35)3/h5-22,36H,23,47H2,1-4H3,(H,40,42). The van der Waals surface area contributed by atoms with E-state index in [1.54, 1.807) is 37.7 Å². The number of nitrogens with zero attached hydrogens (tertiary/aromatic N) is 3. The summed E-state index contributed by atoms with van der Waals surface area (Å²) in [4.78, 5) is 8.84. The summed E-state index contributed by atoms with van der Waals surface area (Å²) in [6.07, 6.45) is 5.24. The number of nitrogens with one attached hydrogen (secondary N) is 1. The van der Waals surface area contributed by atoms with Gasteiger partial charge in [-0.1, -0.05) is 86.1 Å². The molecule has 0 atom stereocenters. The van der Waals surface area contributed by atoms with Crippen LogP contribution < -0.4 is 19.2 Å². The van der Waals surface area contributed by atoms with Gasteiger partial charge < -0.3 is 23.8 Å². The first-order valence-electron chi connectivity index (χ1n) is 15.3. The molecule has 6 rings (SSSR count). The number of imidazole rings is 1. The minimum atomic E-state index is -1.27. The number of rotatable bonds is 12. The quantitative estimate of drug-likeness (QED) is 0.132. The largest absolute Gasteiger partial charge is 0.548 e. The SMILES string of the molecule is COc1cc2c(Nc3cc(O[SiH2]C(C)(C)C(c4ccccc4)c4ccccc4)c(Cl)cc3F)ccnc2cc1OCc1nccn1C. The van der Waals surface area contributed by atoms with Crippen molar-refractivity contribution in [1.29, 1.82) is 0 Å². The fourth-order valence-electron chi connectivity index (χ4n) is 5.83. The molecule has 47 heavy (non-hydrogen) atoms. The normalized spacial score (nSPS) is 11.8. The smallest absolute Gasteiger partial charge is 0.226 e. The van der Waals surface area contributed by atoms with E-state index in [0.29, 0.717) is 28.5 Å². The van der Waals surface area contributed by atoms with Gasteiger partial charge in [0.05, 0.1) is 23.3 Å². The van der Waals surface area contributed by atoms with Crippen LogP contribution in [0.15, 0.2) is 110 Å². The molecular formula is C37H36ClFN4O3Si. The van der Waals surface area contributed by atoms with Crippen LogP contribution in [0.25, 0.3) is 10.9 Å². The van der Waals surface area contributed by atoms with Gasteiger partial charge >= 0.3 is 0 Å². The Morgan fingerprint density at radius 2 is 1.57 bits per heavy atom. The van der Waals surface area contributed by atoms with Crippen molar-refractivity contribution < 1.29 is 18.3 Å². The van der Waals surface area contributed by atoms with Crippen LogP contribution >= 0.6 is 11.6 Å². The molecule has 2 heterocycles. The average Bonchev–Trinajstić information content (AvgIpc) is 3.49. The predicted octanol–water partition coefficient (Wildman–Crippen LogP) is 8.59. The summed E-state index contributed by atoms with van der Waals surface area (Å²) in [5.74, 6) is 1.87. The zero-order valence-electron chi connectivity index (χ0n) is 26.7. The highest BCUT2D eigenvalue weighted by atomic mass is 35.5. The Morgan fingerprint density at radius 1 is 0.872 bits per heavy atom. The number of benzene rings is 4. The highest BCUT2D eigenvalue weighted by molar-refractivity contribution is 6.36. The second-order valence-corrected chi connectivity index (χ2v) is 14.8. The Bertz CT molecular complexity index is 1950. The van der Waals surface area contributed by atoms with Crippen molar-refractivity contribution in [2.45, 2.75) is 31.4 Å². The highest BCUT2D eigenvalue weighted by Crippen LogP contribution is 2.46. The molecule has 0 unspecified atom stereocenters. The summed E-state index contributed by atoms with van der Waals surface area (Å²) in [7, 11) is 2.22. The molecule has 2 aromatic heterocycles. The maximum atomic E-state index is 15.4. The Morgan fingerprint density at radius 3 is 2.21 bits per heavy atom. The van der Waals surface area contributed by atoms with E-state index in [1.165, 1.54) is 17.2 Å². The predicted molar refractivity (Wildman–Crippen MR) is 188 cm³/mol. The maximum Gasteiger partial charge on any atom is 0.226 e. The number of halogens is 2. The molecule has 0 aliphatic heterocycles. The minimum Gasteiger partial charge on any atom is -0.548 e. The summed E-state index contributed by atoms with van der Waals surface area (Å²) in [6, 6.07) is 29.3. The van der Waals surface area contributed by atoms with E-state index in [2.05, 4.69) is 77.7 Å². The molecule has 4 aromatic carbocycles. The molecule has 0 spiro atoms. The third kappa shape index (κ3) is 7.11. The van der Waals surface area contributed by atoms with Crippen molar-refractivity contribution in [1.82, 2.24) is 14.5 Å². The number of ether oxygens (including phenoxy) is 2. The molecule has 0 aliphatic rings. The number of hydrogen-bond acceptors (Lipinski definition) is 6. The number of anilines is 2. The van der Waals surface area contributed by atoms with E-state index < -0.39 is 15.6 Å². The lowest BCUT2D eigenvalue weighted by Gasteiger charge is -2.35. The van der Waals surface area contributed by atoms with E-state index in [9.17, 15) is 0 Å². The van der Waals surface area contributed by atoms with Gasteiger partial charge in [-0.2, -0.15) is 0 Å². The zero-order valence-corrected chi connectivity index (χ0v) is 28.9. The summed E-state index contributed by atoms with van der Waals surface area (Å²) in [6.45, 7) is 4.72. The number of methoxy groups -OCH3 is 1. The second kappa shape index (κ2) is 13.9. The summed E-state index contributed by atoms with van der Waals surface area (Å²) in [5.41, 5.74) is 3.97. The minimum absolute atomic E-state index is 0.115. The first-order chi connectivity index (χ1) is 22.7. The molecule has 0 aliphatic carbocycles. The van der Waals surface area contributed by atoms with Crippen LogP contribution in [-0.4, -0.2) is 31.4 Å². The van der Waals surface area contributed by atoms with E-state index in [0.717, 1.165) is 11.2 Å². The fourth-order valence-corrected chi connectivity index (χ4v) is 7.53. The summed E-state index contributed by atoms with van der Waals surface area (Å²) >= 11 is 6.56. The Kier molecular flexibility index (Phi) is 9.47. The summed E-state index contributed by atoms with van der Waals surface area (Å²) in [5, 5.41) is 3.99. The van der Waals surface area contributed by atoms with Crippen molar-refractivity contribution in [2.75, 3.05) is 12.4 Å². The van der Waals surface area contributed by atoms with Crippen molar-refractivity contribution in [3.05, 3.63) is 137 Å². The Hall–Kier alpha value is -4.86. The van der Waals surface area contributed by atoms with Gasteiger partial charge in [-0.3, -0.25) is 4.98 Å². The number of fused-ring (bicyclic) bond motifs is 1. The monoisotopic (exact) mass is 666 g/mol. The van der Waals surface area contributed by atoms with Gasteiger partial charge in [0, 0.05) is 54.8 Å². The van der Waals surface area contributed by atoms with Crippen molar-refractivity contribution >= 4 is 43.6 Å². The highest BCUT2D eigenvalue weighted by Gasteiger charge is 2.34. The molecule has 1 N–H and O–H groups in total. The van der Waals surface area contributed by atoms with E-state index in [4.69, 9.17) is 25.5 Å². The van der Waals surface area contributed by atoms with Crippen LogP contribution in [0.5, 0.6) is 17.2 Å². The van der Waals surface area contributed by atoms with Crippen LogP contribution in [0.1, 0.15) is 36.7 Å². The third-order valence-electron chi connectivity index (χ3n) is 8.24. The number of hydrogen-bond donors (Lipinski definition) is 1. The summed E-state index contributed by atoms with van der Waals surface area (Å²) < 4.78 is 35.5. The number of aromatic nitrogens is 3. The van der Waals surface area contributed by atoms with Crippen LogP contribution in [0, 0.1) is 5.82 Å². The molecule has 0 saturated carbocycles. The van der Waals surface area contributed by atoms with E-state index in [-0.39, 0.29) is 28.3 Å². The van der Waals surface area contributed by atoms with Crippen LogP contribution in [0.2, 0.25) is 10.1 Å². The Labute approximate surface area is 281 Å². The van der Waals surface area contributed by atoms with Gasteiger partial charge in [-0.15, -0.1) is 0 Å². The molecule has 0 radical (unpaired) electrons. The Balaban J connectivity index is 1.25. The van der Waals surface area contributed by atoms with Gasteiger partial charge in [0.1, 0.15) is 24.0 Å². The third-order valence-corrected chi connectivity index (χ3v) is 10.1. The first kappa shape index (κ1) is 32.1. The molecule has 0 amide bonds. The van der Waals surface area contributed by atoms with Crippen LogP contribution in [-0.2, 0) is 13.7 Å². The van der Waals surface area contributed by atoms with Crippen molar-refractivity contribution in [3.63, 3.8) is 0 Å². The molecule has 10 heteroatoms. The number of aryl methyl sites for hydroxylation is 1. The van der Waals surface area contributed by atoms with Gasteiger partial charge in [0.15, 0.2) is 11.5 Å². The van der Waals surface area contributed by atoms with Crippen molar-refractivity contribution in [3.8, 4) is 17.2 Å². The molecule has 0 bridgehead atoms. The van der Waals surface area contributed by atoms with Gasteiger partial charge in [-0.25, -0.2) is 9.37 Å². The first-order valence-corrected chi connectivity index (χ1v) is 16.9. The molecule has 7 nitrogen and oxygen atoms in total. The molecule has 0 saturated heterocycles.